The van der Waals surface area contributed by atoms with Crippen molar-refractivity contribution in [2.24, 2.45) is 5.92 Å². The second-order valence-corrected chi connectivity index (χ2v) is 9.04. The predicted molar refractivity (Wildman–Crippen MR) is 126 cm³/mol. The molecule has 2 aromatic carbocycles. The Labute approximate surface area is 186 Å². The number of piperidine rings is 1. The molecule has 0 N–H and O–H groups in total. The first-order chi connectivity index (χ1) is 15.7. The van der Waals surface area contributed by atoms with Crippen LogP contribution in [0.4, 0.5) is 0 Å². The molecule has 1 fully saturated rings. The van der Waals surface area contributed by atoms with Gasteiger partial charge in [0.1, 0.15) is 6.54 Å². The number of aromatic nitrogens is 2. The van der Waals surface area contributed by atoms with E-state index in [2.05, 4.69) is 34.9 Å². The summed E-state index contributed by atoms with van der Waals surface area (Å²) in [6.45, 7) is 2.42. The minimum atomic E-state index is 0.0725. The number of fused-ring (bicyclic) bond motifs is 5. The van der Waals surface area contributed by atoms with Gasteiger partial charge in [-0.3, -0.25) is 9.59 Å². The molecule has 160 valence electrons. The second-order valence-electron chi connectivity index (χ2n) is 9.04. The number of nitrogens with zero attached hydrogens (tertiary/aromatic N) is 3. The minimum Gasteiger partial charge on any atom is -0.340 e. The zero-order valence-electron chi connectivity index (χ0n) is 17.9. The molecule has 0 saturated carbocycles. The molecule has 2 aliphatic heterocycles. The van der Waals surface area contributed by atoms with Crippen molar-refractivity contribution in [2.45, 2.75) is 25.4 Å². The molecule has 4 aromatic rings. The number of pyridine rings is 1. The molecule has 0 radical (unpaired) electrons. The molecule has 2 aliphatic rings. The van der Waals surface area contributed by atoms with Gasteiger partial charge in [-0.2, -0.15) is 0 Å². The lowest BCUT2D eigenvalue weighted by molar-refractivity contribution is -0.134. The van der Waals surface area contributed by atoms with Crippen LogP contribution in [0.3, 0.4) is 0 Å². The highest BCUT2D eigenvalue weighted by Crippen LogP contribution is 2.35. The number of hydrogen-bond acceptors (Lipinski definition) is 2. The highest BCUT2D eigenvalue weighted by atomic mass is 16.2. The maximum atomic E-state index is 13.5. The molecular formula is C27H25N3O2. The fourth-order valence-corrected chi connectivity index (χ4v) is 5.56. The molecule has 1 saturated heterocycles. The van der Waals surface area contributed by atoms with Crippen molar-refractivity contribution in [3.63, 3.8) is 0 Å². The number of amides is 1. The number of benzene rings is 2. The average molecular weight is 424 g/mol. The number of hydrogen-bond donors (Lipinski definition) is 0. The minimum absolute atomic E-state index is 0.0725. The van der Waals surface area contributed by atoms with Gasteiger partial charge < -0.3 is 14.0 Å². The first-order valence-corrected chi connectivity index (χ1v) is 11.3. The number of carbonyl (C=O) groups excluding carboxylic acids is 1. The summed E-state index contributed by atoms with van der Waals surface area (Å²) >= 11 is 0. The van der Waals surface area contributed by atoms with Crippen LogP contribution in [0.5, 0.6) is 0 Å². The lowest BCUT2D eigenvalue weighted by Gasteiger charge is -2.42. The topological polar surface area (TPSA) is 47.2 Å². The van der Waals surface area contributed by atoms with Crippen LogP contribution in [0.25, 0.3) is 22.2 Å². The summed E-state index contributed by atoms with van der Waals surface area (Å²) in [6, 6.07) is 26.2. The molecule has 1 amide bonds. The van der Waals surface area contributed by atoms with E-state index in [9.17, 15) is 9.59 Å². The summed E-state index contributed by atoms with van der Waals surface area (Å²) in [7, 11) is 0. The highest BCUT2D eigenvalue weighted by molar-refractivity contribution is 5.89. The lowest BCUT2D eigenvalue weighted by Crippen LogP contribution is -2.49. The molecule has 6 rings (SSSR count). The average Bonchev–Trinajstić information content (AvgIpc) is 3.19. The van der Waals surface area contributed by atoms with Gasteiger partial charge in [0.25, 0.3) is 5.56 Å². The molecule has 0 unspecified atom stereocenters. The fourth-order valence-electron chi connectivity index (χ4n) is 5.56. The number of likely N-dealkylation sites (tertiary alicyclic amines) is 1. The fraction of sp³-hybridized carbons (Fsp3) is 0.259. The van der Waals surface area contributed by atoms with E-state index >= 15 is 0 Å². The van der Waals surface area contributed by atoms with Crippen LogP contribution in [0.2, 0.25) is 0 Å². The standard InChI is InChI=1S/C27H25N3O2/c31-26-12-6-11-24-22-13-19(16-30(24)26)15-28(17-22)27(32)18-29-23-10-5-4-9-21(23)14-25(29)20-7-2-1-3-8-20/h1-12,14,19,22H,13,15-18H2/t19-,22-/m0/s1. The van der Waals surface area contributed by atoms with Gasteiger partial charge in [-0.1, -0.05) is 54.6 Å². The van der Waals surface area contributed by atoms with Crippen LogP contribution >= 0.6 is 0 Å². The molecule has 2 aromatic heterocycles. The van der Waals surface area contributed by atoms with E-state index in [4.69, 9.17) is 0 Å². The van der Waals surface area contributed by atoms with Gasteiger partial charge >= 0.3 is 0 Å². The smallest absolute Gasteiger partial charge is 0.250 e. The number of para-hydroxylation sites is 1. The van der Waals surface area contributed by atoms with Crippen molar-refractivity contribution in [1.82, 2.24) is 14.0 Å². The number of rotatable bonds is 3. The molecule has 2 atom stereocenters. The first-order valence-electron chi connectivity index (χ1n) is 11.3. The van der Waals surface area contributed by atoms with E-state index in [1.54, 1.807) is 6.07 Å². The van der Waals surface area contributed by atoms with Crippen LogP contribution in [-0.4, -0.2) is 33.0 Å². The summed E-state index contributed by atoms with van der Waals surface area (Å²) < 4.78 is 4.06. The summed E-state index contributed by atoms with van der Waals surface area (Å²) in [4.78, 5) is 27.9. The van der Waals surface area contributed by atoms with Gasteiger partial charge in [-0.15, -0.1) is 0 Å². The van der Waals surface area contributed by atoms with Gasteiger partial charge in [0.2, 0.25) is 5.91 Å². The first kappa shape index (κ1) is 19.1. The summed E-state index contributed by atoms with van der Waals surface area (Å²) in [6.07, 6.45) is 1.05. The third-order valence-corrected chi connectivity index (χ3v) is 7.01. The van der Waals surface area contributed by atoms with E-state index in [1.807, 2.05) is 51.9 Å². The summed E-state index contributed by atoms with van der Waals surface area (Å²) in [5.74, 6) is 0.709. The molecule has 5 heteroatoms. The van der Waals surface area contributed by atoms with Gasteiger partial charge in [-0.05, 0) is 36.1 Å². The third-order valence-electron chi connectivity index (χ3n) is 7.01. The Hall–Kier alpha value is -3.60. The van der Waals surface area contributed by atoms with Crippen molar-refractivity contribution in [2.75, 3.05) is 13.1 Å². The van der Waals surface area contributed by atoms with Crippen LogP contribution in [-0.2, 0) is 17.9 Å². The summed E-state index contributed by atoms with van der Waals surface area (Å²) in [5.41, 5.74) is 4.40. The molecule has 32 heavy (non-hydrogen) atoms. The van der Waals surface area contributed by atoms with Crippen LogP contribution in [0.1, 0.15) is 18.0 Å². The van der Waals surface area contributed by atoms with Crippen molar-refractivity contribution < 1.29 is 4.79 Å². The largest absolute Gasteiger partial charge is 0.340 e. The maximum absolute atomic E-state index is 13.5. The maximum Gasteiger partial charge on any atom is 0.250 e. The van der Waals surface area contributed by atoms with Crippen molar-refractivity contribution >= 4 is 16.8 Å². The van der Waals surface area contributed by atoms with Gasteiger partial charge in [0.15, 0.2) is 0 Å². The third kappa shape index (κ3) is 3.16. The van der Waals surface area contributed by atoms with Crippen molar-refractivity contribution in [1.29, 1.82) is 0 Å². The van der Waals surface area contributed by atoms with Gasteiger partial charge in [0.05, 0.1) is 0 Å². The molecule has 5 nitrogen and oxygen atoms in total. The van der Waals surface area contributed by atoms with E-state index in [1.165, 1.54) is 0 Å². The molecule has 0 aliphatic carbocycles. The van der Waals surface area contributed by atoms with Crippen LogP contribution in [0, 0.1) is 5.92 Å². The molecule has 4 heterocycles. The molecule has 0 spiro atoms. The number of carbonyl (C=O) groups is 1. The van der Waals surface area contributed by atoms with E-state index in [-0.39, 0.29) is 17.4 Å². The SMILES string of the molecule is O=C(Cn1c(-c2ccccc2)cc2ccccc21)N1C[C@@H]2C[C@@H](C1)c1cccc(=O)n1C2. The van der Waals surface area contributed by atoms with E-state index in [0.717, 1.165) is 40.8 Å². The van der Waals surface area contributed by atoms with Crippen LogP contribution < -0.4 is 5.56 Å². The Balaban J connectivity index is 1.32. The Morgan fingerprint density at radius 2 is 1.69 bits per heavy atom. The normalized spacial score (nSPS) is 19.7. The van der Waals surface area contributed by atoms with Gasteiger partial charge in [-0.25, -0.2) is 0 Å². The van der Waals surface area contributed by atoms with Crippen LogP contribution in [0.15, 0.2) is 83.7 Å². The second kappa shape index (κ2) is 7.52. The van der Waals surface area contributed by atoms with Gasteiger partial charge in [0, 0.05) is 53.9 Å². The highest BCUT2D eigenvalue weighted by Gasteiger charge is 2.36. The Bertz CT molecular complexity index is 1370. The zero-order valence-corrected chi connectivity index (χ0v) is 17.9. The van der Waals surface area contributed by atoms with E-state index in [0.29, 0.717) is 25.6 Å². The summed E-state index contributed by atoms with van der Waals surface area (Å²) in [5, 5.41) is 1.14. The van der Waals surface area contributed by atoms with Crippen molar-refractivity contribution in [3.8, 4) is 11.3 Å². The van der Waals surface area contributed by atoms with E-state index < -0.39 is 0 Å². The molecule has 2 bridgehead atoms. The Morgan fingerprint density at radius 3 is 2.56 bits per heavy atom. The quantitative estimate of drug-likeness (QED) is 0.498. The van der Waals surface area contributed by atoms with Crippen molar-refractivity contribution in [3.05, 3.63) is 94.9 Å². The monoisotopic (exact) mass is 423 g/mol. The lowest BCUT2D eigenvalue weighted by atomic mass is 9.83. The predicted octanol–water partition coefficient (Wildman–Crippen LogP) is 4.12. The Kier molecular flexibility index (Phi) is 4.49. The Morgan fingerprint density at radius 1 is 0.875 bits per heavy atom. The zero-order chi connectivity index (χ0) is 21.7. The molecular weight excluding hydrogens is 398 g/mol.